The van der Waals surface area contributed by atoms with Crippen LogP contribution in [-0.4, -0.2) is 33.7 Å². The highest BCUT2D eigenvalue weighted by Crippen LogP contribution is 2.07. The molecule has 0 radical (unpaired) electrons. The fourth-order valence-electron chi connectivity index (χ4n) is 1.17. The minimum Gasteiger partial charge on any atom is -0.396 e. The van der Waals surface area contributed by atoms with Crippen molar-refractivity contribution in [3.8, 4) is 0 Å². The summed E-state index contributed by atoms with van der Waals surface area (Å²) < 4.78 is 1.52. The van der Waals surface area contributed by atoms with Crippen molar-refractivity contribution in [2.45, 2.75) is 0 Å². The summed E-state index contributed by atoms with van der Waals surface area (Å²) in [4.78, 5) is 11.6. The van der Waals surface area contributed by atoms with Crippen LogP contribution in [0.4, 0.5) is 5.69 Å². The molecular formula is C10H16N4OS. The van der Waals surface area contributed by atoms with Gasteiger partial charge >= 0.3 is 0 Å². The molecular weight excluding hydrogens is 224 g/mol. The Morgan fingerprint density at radius 2 is 2.56 bits per heavy atom. The van der Waals surface area contributed by atoms with Crippen molar-refractivity contribution in [3.05, 3.63) is 24.5 Å². The Morgan fingerprint density at radius 3 is 3.12 bits per heavy atom. The van der Waals surface area contributed by atoms with Gasteiger partial charge in [-0.3, -0.25) is 9.48 Å². The molecule has 5 nitrogen and oxygen atoms in total. The van der Waals surface area contributed by atoms with Crippen molar-refractivity contribution in [2.75, 3.05) is 23.8 Å². The Hall–Kier alpha value is -1.43. The molecule has 0 saturated carbocycles. The van der Waals surface area contributed by atoms with Crippen LogP contribution in [-0.2, 0) is 7.05 Å². The van der Waals surface area contributed by atoms with Crippen LogP contribution in [0.1, 0.15) is 10.5 Å². The Labute approximate surface area is 99.1 Å². The van der Waals surface area contributed by atoms with Gasteiger partial charge in [-0.1, -0.05) is 6.08 Å². The number of carbonyl (C=O) groups is 1. The lowest BCUT2D eigenvalue weighted by Crippen LogP contribution is -2.27. The number of anilines is 1. The molecule has 0 aliphatic carbocycles. The Kier molecular flexibility index (Phi) is 4.91. The lowest BCUT2D eigenvalue weighted by atomic mass is 10.3. The Bertz CT molecular complexity index is 375. The van der Waals surface area contributed by atoms with Crippen LogP contribution in [0.25, 0.3) is 0 Å². The lowest BCUT2D eigenvalue weighted by Gasteiger charge is -2.02. The van der Waals surface area contributed by atoms with E-state index in [2.05, 4.69) is 17.0 Å². The number of amides is 1. The summed E-state index contributed by atoms with van der Waals surface area (Å²) >= 11 is 1.71. The first kappa shape index (κ1) is 12.6. The number of nitrogens with zero attached hydrogens (tertiary/aromatic N) is 2. The van der Waals surface area contributed by atoms with Gasteiger partial charge in [0.25, 0.3) is 5.91 Å². The van der Waals surface area contributed by atoms with Gasteiger partial charge in [-0.05, 0) is 0 Å². The van der Waals surface area contributed by atoms with Crippen molar-refractivity contribution in [1.29, 1.82) is 0 Å². The second kappa shape index (κ2) is 6.22. The molecule has 0 aromatic carbocycles. The molecule has 1 aromatic rings. The number of hydrogen-bond donors (Lipinski definition) is 2. The van der Waals surface area contributed by atoms with Gasteiger partial charge in [0.2, 0.25) is 0 Å². The summed E-state index contributed by atoms with van der Waals surface area (Å²) in [5, 5.41) is 6.74. The van der Waals surface area contributed by atoms with Gasteiger partial charge in [0.15, 0.2) is 5.69 Å². The van der Waals surface area contributed by atoms with Crippen molar-refractivity contribution < 1.29 is 4.79 Å². The SMILES string of the molecule is C=CCSCCNC(=O)c1nn(C)cc1N. The third-order valence-corrected chi connectivity index (χ3v) is 2.80. The first-order valence-corrected chi connectivity index (χ1v) is 6.06. The monoisotopic (exact) mass is 240 g/mol. The predicted molar refractivity (Wildman–Crippen MR) is 67.5 cm³/mol. The van der Waals surface area contributed by atoms with Gasteiger partial charge in [-0.25, -0.2) is 0 Å². The number of nitrogens with one attached hydrogen (secondary N) is 1. The quantitative estimate of drug-likeness (QED) is 0.565. The number of aromatic nitrogens is 2. The maximum absolute atomic E-state index is 11.6. The van der Waals surface area contributed by atoms with Crippen LogP contribution in [0, 0.1) is 0 Å². The number of thioether (sulfide) groups is 1. The average Bonchev–Trinajstić information content (AvgIpc) is 2.57. The van der Waals surface area contributed by atoms with E-state index in [1.165, 1.54) is 4.68 Å². The van der Waals surface area contributed by atoms with E-state index in [-0.39, 0.29) is 11.6 Å². The van der Waals surface area contributed by atoms with E-state index in [9.17, 15) is 4.79 Å². The Morgan fingerprint density at radius 1 is 1.81 bits per heavy atom. The largest absolute Gasteiger partial charge is 0.396 e. The van der Waals surface area contributed by atoms with E-state index in [0.717, 1.165) is 11.5 Å². The molecule has 16 heavy (non-hydrogen) atoms. The molecule has 0 saturated heterocycles. The van der Waals surface area contributed by atoms with Gasteiger partial charge in [-0.15, -0.1) is 6.58 Å². The number of aryl methyl sites for hydroxylation is 1. The summed E-state index contributed by atoms with van der Waals surface area (Å²) in [5.74, 6) is 1.52. The molecule has 0 spiro atoms. The molecule has 88 valence electrons. The van der Waals surface area contributed by atoms with Crippen LogP contribution >= 0.6 is 11.8 Å². The first-order chi connectivity index (χ1) is 7.65. The molecule has 0 bridgehead atoms. The summed E-state index contributed by atoms with van der Waals surface area (Å²) in [6, 6.07) is 0. The van der Waals surface area contributed by atoms with Crippen molar-refractivity contribution in [1.82, 2.24) is 15.1 Å². The fourth-order valence-corrected chi connectivity index (χ4v) is 1.75. The predicted octanol–water partition coefficient (Wildman–Crippen LogP) is 0.651. The minimum absolute atomic E-state index is 0.225. The molecule has 0 atom stereocenters. The van der Waals surface area contributed by atoms with E-state index in [4.69, 9.17) is 5.73 Å². The van der Waals surface area contributed by atoms with Gasteiger partial charge in [-0.2, -0.15) is 16.9 Å². The van der Waals surface area contributed by atoms with Crippen molar-refractivity contribution >= 4 is 23.4 Å². The van der Waals surface area contributed by atoms with E-state index >= 15 is 0 Å². The van der Waals surface area contributed by atoms with E-state index in [1.807, 2.05) is 6.08 Å². The molecule has 1 amide bonds. The summed E-state index contributed by atoms with van der Waals surface area (Å²) in [6.45, 7) is 4.22. The summed E-state index contributed by atoms with van der Waals surface area (Å²) in [7, 11) is 1.73. The zero-order chi connectivity index (χ0) is 12.0. The van der Waals surface area contributed by atoms with Crippen LogP contribution in [0.15, 0.2) is 18.9 Å². The first-order valence-electron chi connectivity index (χ1n) is 4.91. The smallest absolute Gasteiger partial charge is 0.273 e. The van der Waals surface area contributed by atoms with Crippen molar-refractivity contribution in [2.24, 2.45) is 7.05 Å². The fraction of sp³-hybridized carbons (Fsp3) is 0.400. The van der Waals surface area contributed by atoms with E-state index in [1.54, 1.807) is 25.0 Å². The second-order valence-electron chi connectivity index (χ2n) is 3.23. The number of rotatable bonds is 6. The maximum Gasteiger partial charge on any atom is 0.273 e. The molecule has 3 N–H and O–H groups in total. The van der Waals surface area contributed by atoms with Crippen LogP contribution < -0.4 is 11.1 Å². The van der Waals surface area contributed by atoms with Gasteiger partial charge in [0, 0.05) is 31.3 Å². The van der Waals surface area contributed by atoms with E-state index in [0.29, 0.717) is 12.2 Å². The van der Waals surface area contributed by atoms with Crippen LogP contribution in [0.5, 0.6) is 0 Å². The van der Waals surface area contributed by atoms with Crippen LogP contribution in [0.3, 0.4) is 0 Å². The number of carbonyl (C=O) groups excluding carboxylic acids is 1. The zero-order valence-corrected chi connectivity index (χ0v) is 10.1. The van der Waals surface area contributed by atoms with E-state index < -0.39 is 0 Å². The molecule has 1 rings (SSSR count). The molecule has 1 heterocycles. The normalized spacial score (nSPS) is 10.1. The summed E-state index contributed by atoms with van der Waals surface area (Å²) in [6.07, 6.45) is 3.45. The number of nitrogens with two attached hydrogens (primary N) is 1. The average molecular weight is 240 g/mol. The highest BCUT2D eigenvalue weighted by atomic mass is 32.2. The van der Waals surface area contributed by atoms with Gasteiger partial charge < -0.3 is 11.1 Å². The third kappa shape index (κ3) is 3.62. The number of hydrogen-bond acceptors (Lipinski definition) is 4. The lowest BCUT2D eigenvalue weighted by molar-refractivity contribution is 0.0951. The Balaban J connectivity index is 2.35. The molecule has 6 heteroatoms. The molecule has 1 aromatic heterocycles. The standard InChI is InChI=1S/C10H16N4OS/c1-3-5-16-6-4-12-10(15)9-8(11)7-14(2)13-9/h3,7H,1,4-6,11H2,2H3,(H,12,15). The van der Waals surface area contributed by atoms with Gasteiger partial charge in [0.05, 0.1) is 5.69 Å². The topological polar surface area (TPSA) is 72.9 Å². The highest BCUT2D eigenvalue weighted by molar-refractivity contribution is 7.99. The van der Waals surface area contributed by atoms with Crippen molar-refractivity contribution in [3.63, 3.8) is 0 Å². The zero-order valence-electron chi connectivity index (χ0n) is 9.27. The summed E-state index contributed by atoms with van der Waals surface area (Å²) in [5.41, 5.74) is 6.32. The minimum atomic E-state index is -0.225. The van der Waals surface area contributed by atoms with Crippen LogP contribution in [0.2, 0.25) is 0 Å². The second-order valence-corrected chi connectivity index (χ2v) is 4.38. The molecule has 0 fully saturated rings. The number of nitrogen functional groups attached to an aromatic ring is 1. The van der Waals surface area contributed by atoms with Gasteiger partial charge in [0.1, 0.15) is 0 Å². The highest BCUT2D eigenvalue weighted by Gasteiger charge is 2.12. The maximum atomic E-state index is 11.6. The molecule has 0 unspecified atom stereocenters. The molecule has 0 aliphatic heterocycles. The molecule has 0 aliphatic rings. The third-order valence-electron chi connectivity index (χ3n) is 1.84.